The number of piperidine rings is 1. The van der Waals surface area contributed by atoms with E-state index in [2.05, 4.69) is 44.0 Å². The summed E-state index contributed by atoms with van der Waals surface area (Å²) < 4.78 is 5.91. The molecule has 0 aliphatic carbocycles. The van der Waals surface area contributed by atoms with Crippen LogP contribution in [0.2, 0.25) is 0 Å². The van der Waals surface area contributed by atoms with Gasteiger partial charge < -0.3 is 9.73 Å². The fourth-order valence-corrected chi connectivity index (χ4v) is 3.27. The third kappa shape index (κ3) is 3.40. The summed E-state index contributed by atoms with van der Waals surface area (Å²) in [4.78, 5) is 2.57. The van der Waals surface area contributed by atoms with Crippen LogP contribution in [0.25, 0.3) is 0 Å². The third-order valence-corrected chi connectivity index (χ3v) is 4.52. The summed E-state index contributed by atoms with van der Waals surface area (Å²) in [6.45, 7) is 12.1. The van der Waals surface area contributed by atoms with Gasteiger partial charge in [0.05, 0.1) is 6.54 Å². The lowest BCUT2D eigenvalue weighted by Crippen LogP contribution is -2.45. The molecule has 1 aliphatic heterocycles. The van der Waals surface area contributed by atoms with Gasteiger partial charge in [-0.2, -0.15) is 0 Å². The minimum absolute atomic E-state index is 0.648. The predicted molar refractivity (Wildman–Crippen MR) is 79.0 cm³/mol. The zero-order chi connectivity index (χ0) is 14.0. The number of rotatable bonds is 4. The molecule has 108 valence electrons. The Morgan fingerprint density at radius 1 is 1.37 bits per heavy atom. The molecule has 0 spiro atoms. The maximum atomic E-state index is 5.91. The molecule has 1 aromatic rings. The third-order valence-electron chi connectivity index (χ3n) is 4.52. The maximum Gasteiger partial charge on any atom is 0.118 e. The molecule has 19 heavy (non-hydrogen) atoms. The summed E-state index contributed by atoms with van der Waals surface area (Å²) in [6, 6.07) is 2.86. The van der Waals surface area contributed by atoms with E-state index in [9.17, 15) is 0 Å². The van der Waals surface area contributed by atoms with Crippen molar-refractivity contribution in [2.75, 3.05) is 13.6 Å². The van der Waals surface area contributed by atoms with Gasteiger partial charge in [-0.1, -0.05) is 13.8 Å². The molecular weight excluding hydrogens is 236 g/mol. The lowest BCUT2D eigenvalue weighted by atomic mass is 9.86. The van der Waals surface area contributed by atoms with E-state index in [1.54, 1.807) is 0 Å². The van der Waals surface area contributed by atoms with Crippen LogP contribution in [0.5, 0.6) is 0 Å². The fraction of sp³-hybridized carbons (Fsp3) is 0.750. The minimum Gasteiger partial charge on any atom is -0.465 e. The predicted octanol–water partition coefficient (Wildman–Crippen LogP) is 3.17. The van der Waals surface area contributed by atoms with Crippen molar-refractivity contribution < 1.29 is 4.42 Å². The van der Waals surface area contributed by atoms with Crippen molar-refractivity contribution in [1.29, 1.82) is 0 Å². The van der Waals surface area contributed by atoms with Crippen LogP contribution in [0.1, 0.15) is 44.3 Å². The average Bonchev–Trinajstić information content (AvgIpc) is 2.67. The second kappa shape index (κ2) is 6.10. The fourth-order valence-electron chi connectivity index (χ4n) is 3.27. The van der Waals surface area contributed by atoms with Gasteiger partial charge in [-0.15, -0.1) is 0 Å². The van der Waals surface area contributed by atoms with Crippen LogP contribution >= 0.6 is 0 Å². The molecule has 1 N–H and O–H groups in total. The van der Waals surface area contributed by atoms with Crippen molar-refractivity contribution >= 4 is 0 Å². The summed E-state index contributed by atoms with van der Waals surface area (Å²) in [5.74, 6) is 3.72. The van der Waals surface area contributed by atoms with E-state index < -0.39 is 0 Å². The summed E-state index contributed by atoms with van der Waals surface area (Å²) in [5.41, 5.74) is 1.28. The first kappa shape index (κ1) is 14.6. The Labute approximate surface area is 117 Å². The Kier molecular flexibility index (Phi) is 4.69. The molecular formula is C16H28N2O. The first-order chi connectivity index (χ1) is 9.01. The number of hydrogen-bond donors (Lipinski definition) is 1. The Morgan fingerprint density at radius 3 is 2.79 bits per heavy atom. The van der Waals surface area contributed by atoms with E-state index in [-0.39, 0.29) is 0 Å². The summed E-state index contributed by atoms with van der Waals surface area (Å²) >= 11 is 0. The van der Waals surface area contributed by atoms with Crippen molar-refractivity contribution in [3.63, 3.8) is 0 Å². The van der Waals surface area contributed by atoms with Gasteiger partial charge in [-0.3, -0.25) is 4.90 Å². The standard InChI is InChI=1S/C16H28N2O/c1-11-6-12(2)13(3)18(9-11)10-16-7-15(8-17-5)14(4)19-16/h7,11-13,17H,6,8-10H2,1-5H3. The molecule has 0 aromatic carbocycles. The van der Waals surface area contributed by atoms with Crippen LogP contribution in [-0.4, -0.2) is 24.5 Å². The van der Waals surface area contributed by atoms with Crippen LogP contribution in [-0.2, 0) is 13.1 Å². The van der Waals surface area contributed by atoms with Gasteiger partial charge in [0.25, 0.3) is 0 Å². The van der Waals surface area contributed by atoms with Gasteiger partial charge in [0.2, 0.25) is 0 Å². The van der Waals surface area contributed by atoms with Gasteiger partial charge in [0.15, 0.2) is 0 Å². The summed E-state index contributed by atoms with van der Waals surface area (Å²) in [7, 11) is 1.97. The summed E-state index contributed by atoms with van der Waals surface area (Å²) in [6.07, 6.45) is 1.35. The zero-order valence-electron chi connectivity index (χ0n) is 13.0. The lowest BCUT2D eigenvalue weighted by molar-refractivity contribution is 0.0666. The van der Waals surface area contributed by atoms with E-state index in [1.807, 2.05) is 7.05 Å². The number of nitrogens with zero attached hydrogens (tertiary/aromatic N) is 1. The number of furan rings is 1. The number of aryl methyl sites for hydroxylation is 1. The first-order valence-corrected chi connectivity index (χ1v) is 7.48. The van der Waals surface area contributed by atoms with Gasteiger partial charge in [0, 0.05) is 24.7 Å². The first-order valence-electron chi connectivity index (χ1n) is 7.48. The molecule has 0 amide bonds. The maximum absolute atomic E-state index is 5.91. The molecule has 1 saturated heterocycles. The lowest BCUT2D eigenvalue weighted by Gasteiger charge is -2.40. The van der Waals surface area contributed by atoms with E-state index in [4.69, 9.17) is 4.42 Å². The quantitative estimate of drug-likeness (QED) is 0.905. The van der Waals surface area contributed by atoms with Gasteiger partial charge in [-0.25, -0.2) is 0 Å². The van der Waals surface area contributed by atoms with Crippen LogP contribution < -0.4 is 5.32 Å². The summed E-state index contributed by atoms with van der Waals surface area (Å²) in [5, 5.41) is 3.19. The average molecular weight is 264 g/mol. The SMILES string of the molecule is CNCc1cc(CN2CC(C)CC(C)C2C)oc1C. The highest BCUT2D eigenvalue weighted by molar-refractivity contribution is 5.20. The smallest absolute Gasteiger partial charge is 0.118 e. The minimum atomic E-state index is 0.648. The van der Waals surface area contributed by atoms with E-state index in [0.717, 1.165) is 36.4 Å². The molecule has 0 saturated carbocycles. The topological polar surface area (TPSA) is 28.4 Å². The van der Waals surface area contributed by atoms with E-state index >= 15 is 0 Å². The molecule has 3 atom stereocenters. The highest BCUT2D eigenvalue weighted by Crippen LogP contribution is 2.28. The van der Waals surface area contributed by atoms with Crippen LogP contribution in [0, 0.1) is 18.8 Å². The highest BCUT2D eigenvalue weighted by Gasteiger charge is 2.29. The monoisotopic (exact) mass is 264 g/mol. The molecule has 3 unspecified atom stereocenters. The largest absolute Gasteiger partial charge is 0.465 e. The van der Waals surface area contributed by atoms with Crippen LogP contribution in [0.3, 0.4) is 0 Å². The van der Waals surface area contributed by atoms with Crippen molar-refractivity contribution in [1.82, 2.24) is 10.2 Å². The molecule has 3 nitrogen and oxygen atoms in total. The molecule has 0 bridgehead atoms. The van der Waals surface area contributed by atoms with Crippen molar-refractivity contribution in [2.24, 2.45) is 11.8 Å². The molecule has 1 aliphatic rings. The van der Waals surface area contributed by atoms with Crippen molar-refractivity contribution in [3.8, 4) is 0 Å². The second-order valence-corrected chi connectivity index (χ2v) is 6.31. The van der Waals surface area contributed by atoms with Gasteiger partial charge in [-0.05, 0) is 45.2 Å². The van der Waals surface area contributed by atoms with Crippen molar-refractivity contribution in [3.05, 3.63) is 23.2 Å². The van der Waals surface area contributed by atoms with Crippen LogP contribution in [0.15, 0.2) is 10.5 Å². The number of likely N-dealkylation sites (tertiary alicyclic amines) is 1. The second-order valence-electron chi connectivity index (χ2n) is 6.31. The Balaban J connectivity index is 2.05. The highest BCUT2D eigenvalue weighted by atomic mass is 16.3. The van der Waals surface area contributed by atoms with Gasteiger partial charge >= 0.3 is 0 Å². The Hall–Kier alpha value is -0.800. The molecule has 1 aromatic heterocycles. The molecule has 2 heterocycles. The van der Waals surface area contributed by atoms with E-state index in [1.165, 1.54) is 18.5 Å². The molecule has 1 fully saturated rings. The van der Waals surface area contributed by atoms with Gasteiger partial charge in [0.1, 0.15) is 11.5 Å². The van der Waals surface area contributed by atoms with Crippen LogP contribution in [0.4, 0.5) is 0 Å². The Morgan fingerprint density at radius 2 is 2.11 bits per heavy atom. The number of hydrogen-bond acceptors (Lipinski definition) is 3. The zero-order valence-corrected chi connectivity index (χ0v) is 13.0. The molecule has 2 rings (SSSR count). The number of nitrogens with one attached hydrogen (secondary N) is 1. The molecule has 0 radical (unpaired) electrons. The normalized spacial score (nSPS) is 28.8. The molecule has 3 heteroatoms. The Bertz CT molecular complexity index is 413. The van der Waals surface area contributed by atoms with E-state index in [0.29, 0.717) is 6.04 Å². The van der Waals surface area contributed by atoms with Crippen molar-refractivity contribution in [2.45, 2.75) is 53.2 Å².